The van der Waals surface area contributed by atoms with Crippen LogP contribution in [-0.4, -0.2) is 9.97 Å². The maximum Gasteiger partial charge on any atom is 0.0703 e. The molecule has 4 nitrogen and oxygen atoms in total. The van der Waals surface area contributed by atoms with Crippen molar-refractivity contribution in [1.29, 1.82) is 0 Å². The molecule has 20 aromatic carbocycles. The third-order valence-electron chi connectivity index (χ3n) is 25.0. The molecule has 0 spiro atoms. The Bertz CT molecular complexity index is 7810. The van der Waals surface area contributed by atoms with E-state index in [2.05, 4.69) is 427 Å². The molecule has 0 saturated heterocycles. The molecule has 2 heterocycles. The summed E-state index contributed by atoms with van der Waals surface area (Å²) in [5.74, 6) is 0. The molecular weight excluding hydrogens is 1430 g/mol. The van der Waals surface area contributed by atoms with Crippen LogP contribution in [0, 0.1) is 0 Å². The zero-order chi connectivity index (χ0) is 77.5. The van der Waals surface area contributed by atoms with Gasteiger partial charge in [-0.3, -0.25) is 9.97 Å². The number of benzene rings is 20. The Morgan fingerprint density at radius 1 is 0.178 bits per heavy atom. The van der Waals surface area contributed by atoms with E-state index in [4.69, 9.17) is 4.98 Å². The van der Waals surface area contributed by atoms with Gasteiger partial charge in [-0.2, -0.15) is 0 Å². The zero-order valence-corrected chi connectivity index (χ0v) is 64.2. The summed E-state index contributed by atoms with van der Waals surface area (Å²) in [6.07, 6.45) is 5.87. The SMILES string of the molecule is c1ccc(-c2c3c(c(-c4ccccc4)c4ccccc24)-c2ccc(-c4cccc(N(c5ccc(-c6ccc7c(-c8ccccc8)c8c(c(-c9ccccc9)c7c6)-c6cccc7c(-c9cccc(N(c%10ccncc%10)c%10cc%11ccccc%11c%11ccccc%10%11)c9)ccc-8c67)nc5)c5cc6ccccc6c6ccccc56)c4)c4cccc-3c24)cc1. The third-order valence-corrected chi connectivity index (χ3v) is 25.0. The second kappa shape index (κ2) is 27.0. The molecule has 2 aromatic heterocycles. The lowest BCUT2D eigenvalue weighted by Gasteiger charge is -2.28. The third kappa shape index (κ3) is 10.4. The van der Waals surface area contributed by atoms with Gasteiger partial charge in [0.05, 0.1) is 29.0 Å². The lowest BCUT2D eigenvalue weighted by molar-refractivity contribution is 1.24. The zero-order valence-electron chi connectivity index (χ0n) is 64.2. The number of pyridine rings is 2. The summed E-state index contributed by atoms with van der Waals surface area (Å²) in [4.78, 5) is 14.9. The van der Waals surface area contributed by atoms with Gasteiger partial charge in [-0.15, -0.1) is 0 Å². The van der Waals surface area contributed by atoms with Crippen LogP contribution in [-0.2, 0) is 0 Å². The average molecular weight is 1500 g/mol. The van der Waals surface area contributed by atoms with Gasteiger partial charge in [-0.05, 0) is 253 Å². The fourth-order valence-corrected chi connectivity index (χ4v) is 20.0. The van der Waals surface area contributed by atoms with E-state index in [0.717, 1.165) is 72.8 Å². The van der Waals surface area contributed by atoms with Crippen LogP contribution >= 0.6 is 0 Å². The van der Waals surface area contributed by atoms with E-state index in [9.17, 15) is 0 Å². The standard InChI is InChI=1S/C114H70N4/c1-5-27-71(28-6-1)105-94-47-21-22-48-95(94)106(72-29-7-2-8-30-72)113-99-58-56-87(92-49-25-51-97(109(92)99)111(105)113)76-38-24-40-82(66-76)118(104-69-78-36-14-16-42-85(78)89-44-18-20-46-91(89)104)83-54-60-102(116-70-83)79-53-55-96-101(67-79)108(74-33-11-4-12-34-74)112-98-52-26-50-93-86(57-59-100(110(93)98)114(112)107(96)73-31-9-3-10-32-73)75-37-23-39-81(65-75)117(80-61-63-115-64-62-80)103-68-77-35-13-15-41-84(77)88-43-17-19-45-90(88)103/h1-70H. The molecule has 546 valence electrons. The van der Waals surface area contributed by atoms with E-state index >= 15 is 0 Å². The Balaban J connectivity index is 0.657. The number of nitrogens with zero attached hydrogens (tertiary/aromatic N) is 4. The number of rotatable bonds is 13. The number of fused-ring (bicyclic) bond motifs is 14. The summed E-state index contributed by atoms with van der Waals surface area (Å²) in [5, 5.41) is 19.3. The summed E-state index contributed by atoms with van der Waals surface area (Å²) in [7, 11) is 0. The van der Waals surface area contributed by atoms with Crippen molar-refractivity contribution in [3.05, 3.63) is 425 Å². The Kier molecular flexibility index (Phi) is 15.3. The Labute approximate surface area is 683 Å². The van der Waals surface area contributed by atoms with Crippen molar-refractivity contribution in [2.75, 3.05) is 9.80 Å². The molecule has 24 rings (SSSR count). The highest BCUT2D eigenvalue weighted by Gasteiger charge is 2.35. The highest BCUT2D eigenvalue weighted by molar-refractivity contribution is 6.31. The van der Waals surface area contributed by atoms with Crippen LogP contribution in [0.2, 0.25) is 0 Å². The van der Waals surface area contributed by atoms with Gasteiger partial charge in [0.25, 0.3) is 0 Å². The second-order valence-corrected chi connectivity index (χ2v) is 31.3. The van der Waals surface area contributed by atoms with Gasteiger partial charge in [0.1, 0.15) is 0 Å². The van der Waals surface area contributed by atoms with Gasteiger partial charge in [-0.1, -0.05) is 340 Å². The molecular formula is C114H70N4. The molecule has 0 fully saturated rings. The number of hydrogen-bond acceptors (Lipinski definition) is 4. The minimum atomic E-state index is 0.879. The highest BCUT2D eigenvalue weighted by Crippen LogP contribution is 2.62. The average Bonchev–Trinajstić information content (AvgIpc) is 1.53. The number of hydrogen-bond donors (Lipinski definition) is 0. The highest BCUT2D eigenvalue weighted by atomic mass is 15.2. The van der Waals surface area contributed by atoms with Crippen LogP contribution in [0.5, 0.6) is 0 Å². The van der Waals surface area contributed by atoms with E-state index in [0.29, 0.717) is 0 Å². The van der Waals surface area contributed by atoms with Gasteiger partial charge in [0, 0.05) is 45.8 Å². The molecule has 0 aliphatic heterocycles. The Morgan fingerprint density at radius 2 is 0.534 bits per heavy atom. The number of anilines is 6. The molecule has 0 amide bonds. The summed E-state index contributed by atoms with van der Waals surface area (Å²) in [6, 6.07) is 151. The van der Waals surface area contributed by atoms with E-state index in [1.165, 1.54) is 170 Å². The van der Waals surface area contributed by atoms with E-state index in [1.807, 2.05) is 12.4 Å². The predicted molar refractivity (Wildman–Crippen MR) is 498 cm³/mol. The van der Waals surface area contributed by atoms with Crippen molar-refractivity contribution in [3.63, 3.8) is 0 Å². The minimum absolute atomic E-state index is 0.879. The first-order chi connectivity index (χ1) is 58.6. The normalized spacial score (nSPS) is 11.9. The maximum atomic E-state index is 5.60. The van der Waals surface area contributed by atoms with Crippen molar-refractivity contribution in [2.45, 2.75) is 0 Å². The van der Waals surface area contributed by atoms with Crippen LogP contribution < -0.4 is 9.80 Å². The first-order valence-corrected chi connectivity index (χ1v) is 40.7. The van der Waals surface area contributed by atoms with Crippen molar-refractivity contribution in [2.24, 2.45) is 0 Å². The minimum Gasteiger partial charge on any atom is -0.310 e. The van der Waals surface area contributed by atoms with Crippen molar-refractivity contribution in [1.82, 2.24) is 9.97 Å². The molecule has 4 heteroatoms. The molecule has 22 aromatic rings. The first-order valence-electron chi connectivity index (χ1n) is 40.7. The molecule has 0 radical (unpaired) electrons. The number of aromatic nitrogens is 2. The van der Waals surface area contributed by atoms with Gasteiger partial charge in [0.2, 0.25) is 0 Å². The molecule has 0 unspecified atom stereocenters. The van der Waals surface area contributed by atoms with Crippen molar-refractivity contribution >= 4 is 120 Å². The largest absolute Gasteiger partial charge is 0.310 e. The lowest BCUT2D eigenvalue weighted by atomic mass is 9.82. The van der Waals surface area contributed by atoms with E-state index in [1.54, 1.807) is 0 Å². The summed E-state index contributed by atoms with van der Waals surface area (Å²) < 4.78 is 0. The molecule has 0 N–H and O–H groups in total. The molecule has 0 bridgehead atoms. The van der Waals surface area contributed by atoms with Gasteiger partial charge in [0.15, 0.2) is 0 Å². The fraction of sp³-hybridized carbons (Fsp3) is 0. The van der Waals surface area contributed by atoms with Gasteiger partial charge < -0.3 is 9.80 Å². The topological polar surface area (TPSA) is 32.3 Å². The Morgan fingerprint density at radius 3 is 0.983 bits per heavy atom. The monoisotopic (exact) mass is 1490 g/mol. The second-order valence-electron chi connectivity index (χ2n) is 31.3. The van der Waals surface area contributed by atoms with E-state index in [-0.39, 0.29) is 0 Å². The van der Waals surface area contributed by atoms with Crippen LogP contribution in [0.25, 0.3) is 209 Å². The van der Waals surface area contributed by atoms with Crippen LogP contribution in [0.4, 0.5) is 34.1 Å². The van der Waals surface area contributed by atoms with Crippen molar-refractivity contribution < 1.29 is 0 Å². The molecule has 118 heavy (non-hydrogen) atoms. The smallest absolute Gasteiger partial charge is 0.0703 e. The Hall–Kier alpha value is -15.6. The predicted octanol–water partition coefficient (Wildman–Crippen LogP) is 31.6. The van der Waals surface area contributed by atoms with Crippen LogP contribution in [0.3, 0.4) is 0 Å². The van der Waals surface area contributed by atoms with Gasteiger partial charge >= 0.3 is 0 Å². The van der Waals surface area contributed by atoms with E-state index < -0.39 is 0 Å². The first kappa shape index (κ1) is 66.9. The molecule has 2 aliphatic rings. The van der Waals surface area contributed by atoms with Crippen LogP contribution in [0.1, 0.15) is 0 Å². The summed E-state index contributed by atoms with van der Waals surface area (Å²) in [6.45, 7) is 0. The molecule has 0 saturated carbocycles. The lowest BCUT2D eigenvalue weighted by Crippen LogP contribution is -2.11. The molecule has 0 atom stereocenters. The molecule has 2 aliphatic carbocycles. The summed E-state index contributed by atoms with van der Waals surface area (Å²) in [5.41, 5.74) is 32.5. The maximum absolute atomic E-state index is 5.60. The van der Waals surface area contributed by atoms with Crippen molar-refractivity contribution in [3.8, 4) is 123 Å². The fourth-order valence-electron chi connectivity index (χ4n) is 20.0. The quantitative estimate of drug-likeness (QED) is 0.108. The van der Waals surface area contributed by atoms with Gasteiger partial charge in [-0.25, -0.2) is 0 Å². The van der Waals surface area contributed by atoms with Crippen LogP contribution in [0.15, 0.2) is 425 Å². The summed E-state index contributed by atoms with van der Waals surface area (Å²) >= 11 is 0.